The van der Waals surface area contributed by atoms with Crippen LogP contribution in [0.25, 0.3) is 0 Å². The van der Waals surface area contributed by atoms with Crippen LogP contribution in [0.4, 0.5) is 0 Å². The standard InChI is InChI=1S/C15H12N2O3S/c1-2-20-15(18)14-17-13-5-10-9(6-16)3-4-19-7-11(10)12(13)8-21-14/h3-5H,2,7-8H2,1H3. The lowest BCUT2D eigenvalue weighted by atomic mass is 10.0. The topological polar surface area (TPSA) is 71.7 Å². The van der Waals surface area contributed by atoms with Crippen LogP contribution in [0.1, 0.15) is 6.92 Å². The predicted molar refractivity (Wildman–Crippen MR) is 79.4 cm³/mol. The van der Waals surface area contributed by atoms with E-state index in [0.29, 0.717) is 29.6 Å². The second-order valence-corrected chi connectivity index (χ2v) is 5.43. The number of carbonyl (C=O) groups excluding carboxylic acids is 1. The fourth-order valence-electron chi connectivity index (χ4n) is 2.31. The fraction of sp³-hybridized carbons (Fsp3) is 0.267. The van der Waals surface area contributed by atoms with Gasteiger partial charge in [0.2, 0.25) is 0 Å². The molecule has 6 heteroatoms. The number of hydrogen-bond acceptors (Lipinski definition) is 6. The predicted octanol–water partition coefficient (Wildman–Crippen LogP) is 2.25. The first-order chi connectivity index (χ1) is 10.2. The zero-order valence-corrected chi connectivity index (χ0v) is 12.2. The number of fused-ring (bicyclic) bond motifs is 2. The molecule has 0 atom stereocenters. The van der Waals surface area contributed by atoms with E-state index in [9.17, 15) is 10.1 Å². The molecule has 0 amide bonds. The van der Waals surface area contributed by atoms with Crippen molar-refractivity contribution in [1.29, 1.82) is 5.26 Å². The van der Waals surface area contributed by atoms with Gasteiger partial charge in [-0.05, 0) is 24.6 Å². The van der Waals surface area contributed by atoms with Crippen LogP contribution in [-0.2, 0) is 14.3 Å². The van der Waals surface area contributed by atoms with Crippen LogP contribution in [0.5, 0.6) is 0 Å². The molecule has 0 bridgehead atoms. The van der Waals surface area contributed by atoms with Crippen molar-refractivity contribution in [3.8, 4) is 6.07 Å². The van der Waals surface area contributed by atoms with Gasteiger partial charge in [-0.1, -0.05) is 11.8 Å². The Balaban J connectivity index is 2.03. The summed E-state index contributed by atoms with van der Waals surface area (Å²) in [4.78, 5) is 16.1. The van der Waals surface area contributed by atoms with Crippen molar-refractivity contribution in [1.82, 2.24) is 0 Å². The van der Waals surface area contributed by atoms with Crippen LogP contribution in [0.3, 0.4) is 0 Å². The zero-order chi connectivity index (χ0) is 14.8. The maximum atomic E-state index is 11.8. The van der Waals surface area contributed by atoms with E-state index >= 15 is 0 Å². The highest BCUT2D eigenvalue weighted by molar-refractivity contribution is 8.15. The number of nitrogens with zero attached hydrogens (tertiary/aromatic N) is 2. The summed E-state index contributed by atoms with van der Waals surface area (Å²) in [6.45, 7) is 2.50. The Morgan fingerprint density at radius 2 is 2.43 bits per heavy atom. The second-order valence-electron chi connectivity index (χ2n) is 4.47. The Kier molecular flexibility index (Phi) is 3.67. The summed E-state index contributed by atoms with van der Waals surface area (Å²) in [5.74, 6) is 0.231. The molecular formula is C15H12N2O3S. The first-order valence-corrected chi connectivity index (χ1v) is 7.48. The molecule has 1 aliphatic carbocycles. The van der Waals surface area contributed by atoms with Gasteiger partial charge >= 0.3 is 5.97 Å². The van der Waals surface area contributed by atoms with E-state index in [1.807, 2.05) is 6.08 Å². The third kappa shape index (κ3) is 2.41. The number of ether oxygens (including phenoxy) is 2. The smallest absolute Gasteiger partial charge is 0.363 e. The maximum absolute atomic E-state index is 11.8. The minimum absolute atomic E-state index is 0.327. The summed E-state index contributed by atoms with van der Waals surface area (Å²) in [6, 6.07) is 2.17. The Morgan fingerprint density at radius 3 is 3.19 bits per heavy atom. The highest BCUT2D eigenvalue weighted by atomic mass is 32.2. The normalized spacial score (nSPS) is 19.8. The first kappa shape index (κ1) is 13.7. The molecule has 2 heterocycles. The third-order valence-electron chi connectivity index (χ3n) is 3.27. The van der Waals surface area contributed by atoms with Crippen LogP contribution in [0, 0.1) is 11.3 Å². The SMILES string of the molecule is CCOC(=O)C1=NC2=CC3=C(C#N)C=COCC3=C2CS1. The van der Waals surface area contributed by atoms with Gasteiger partial charge in [0.1, 0.15) is 6.61 Å². The van der Waals surface area contributed by atoms with Crippen molar-refractivity contribution in [2.75, 3.05) is 19.0 Å². The number of aliphatic imine (C=N–C) groups is 1. The summed E-state index contributed by atoms with van der Waals surface area (Å²) in [5, 5.41) is 9.59. The summed E-state index contributed by atoms with van der Waals surface area (Å²) in [5.41, 5.74) is 4.12. The van der Waals surface area contributed by atoms with Crippen molar-refractivity contribution in [3.63, 3.8) is 0 Å². The number of thioether (sulfide) groups is 1. The van der Waals surface area contributed by atoms with Crippen LogP contribution >= 0.6 is 11.8 Å². The van der Waals surface area contributed by atoms with Crippen LogP contribution in [0.2, 0.25) is 0 Å². The molecule has 0 saturated carbocycles. The fourth-order valence-corrected chi connectivity index (χ4v) is 3.25. The first-order valence-electron chi connectivity index (χ1n) is 6.50. The number of nitriles is 1. The summed E-state index contributed by atoms with van der Waals surface area (Å²) >= 11 is 1.35. The van der Waals surface area contributed by atoms with Gasteiger partial charge in [0.05, 0.1) is 30.2 Å². The number of hydrogen-bond donors (Lipinski definition) is 0. The Morgan fingerprint density at radius 1 is 1.57 bits per heavy atom. The van der Waals surface area contributed by atoms with Gasteiger partial charge in [-0.15, -0.1) is 0 Å². The third-order valence-corrected chi connectivity index (χ3v) is 4.24. The van der Waals surface area contributed by atoms with E-state index < -0.39 is 5.97 Å². The highest BCUT2D eigenvalue weighted by Crippen LogP contribution is 2.39. The molecule has 0 unspecified atom stereocenters. The number of rotatable bonds is 2. The van der Waals surface area contributed by atoms with E-state index in [-0.39, 0.29) is 0 Å². The quantitative estimate of drug-likeness (QED) is 0.731. The second kappa shape index (κ2) is 5.62. The van der Waals surface area contributed by atoms with Gasteiger partial charge in [0.15, 0.2) is 5.04 Å². The molecule has 0 radical (unpaired) electrons. The zero-order valence-electron chi connectivity index (χ0n) is 11.4. The minimum Gasteiger partial charge on any atom is -0.496 e. The summed E-state index contributed by atoms with van der Waals surface area (Å²) in [7, 11) is 0. The molecule has 0 aromatic carbocycles. The van der Waals surface area contributed by atoms with Crippen molar-refractivity contribution in [3.05, 3.63) is 46.4 Å². The van der Waals surface area contributed by atoms with Gasteiger partial charge in [0.25, 0.3) is 0 Å². The maximum Gasteiger partial charge on any atom is 0.363 e. The number of allylic oxidation sites excluding steroid dienone is 4. The molecule has 3 aliphatic rings. The van der Waals surface area contributed by atoms with Crippen LogP contribution < -0.4 is 0 Å². The largest absolute Gasteiger partial charge is 0.496 e. The van der Waals surface area contributed by atoms with Crippen molar-refractivity contribution >= 4 is 22.8 Å². The molecule has 106 valence electrons. The number of esters is 1. The van der Waals surface area contributed by atoms with E-state index in [1.54, 1.807) is 13.0 Å². The molecule has 21 heavy (non-hydrogen) atoms. The Bertz CT molecular complexity index is 705. The molecular weight excluding hydrogens is 288 g/mol. The minimum atomic E-state index is -0.398. The van der Waals surface area contributed by atoms with Gasteiger partial charge in [-0.3, -0.25) is 0 Å². The van der Waals surface area contributed by atoms with Gasteiger partial charge < -0.3 is 9.47 Å². The van der Waals surface area contributed by atoms with Gasteiger partial charge in [-0.25, -0.2) is 9.79 Å². The van der Waals surface area contributed by atoms with E-state index in [1.165, 1.54) is 18.0 Å². The van der Waals surface area contributed by atoms with Gasteiger partial charge in [-0.2, -0.15) is 5.26 Å². The van der Waals surface area contributed by atoms with E-state index in [2.05, 4.69) is 11.1 Å². The summed E-state index contributed by atoms with van der Waals surface area (Å²) in [6.07, 6.45) is 5.04. The van der Waals surface area contributed by atoms with Crippen molar-refractivity contribution < 1.29 is 14.3 Å². The molecule has 0 aromatic rings. The molecule has 0 saturated heterocycles. The lowest BCUT2D eigenvalue weighted by Gasteiger charge is -2.15. The van der Waals surface area contributed by atoms with Crippen molar-refractivity contribution in [2.45, 2.75) is 6.92 Å². The Hall–Kier alpha value is -2.26. The molecule has 2 aliphatic heterocycles. The number of carbonyl (C=O) groups is 1. The molecule has 0 N–H and O–H groups in total. The average molecular weight is 300 g/mol. The molecule has 0 aromatic heterocycles. The lowest BCUT2D eigenvalue weighted by Crippen LogP contribution is -2.18. The van der Waals surface area contributed by atoms with Crippen LogP contribution in [0.15, 0.2) is 51.4 Å². The molecule has 0 spiro atoms. The van der Waals surface area contributed by atoms with Gasteiger partial charge in [0, 0.05) is 16.9 Å². The molecule has 5 nitrogen and oxygen atoms in total. The summed E-state index contributed by atoms with van der Waals surface area (Å²) < 4.78 is 10.4. The average Bonchev–Trinajstić information content (AvgIpc) is 2.73. The van der Waals surface area contributed by atoms with Crippen LogP contribution in [-0.4, -0.2) is 30.0 Å². The monoisotopic (exact) mass is 300 g/mol. The molecule has 0 fully saturated rings. The lowest BCUT2D eigenvalue weighted by molar-refractivity contribution is -0.134. The molecule has 3 rings (SSSR count). The van der Waals surface area contributed by atoms with E-state index in [4.69, 9.17) is 9.47 Å². The Labute approximate surface area is 126 Å². The highest BCUT2D eigenvalue weighted by Gasteiger charge is 2.30. The van der Waals surface area contributed by atoms with E-state index in [0.717, 1.165) is 22.4 Å². The van der Waals surface area contributed by atoms with Crippen molar-refractivity contribution in [2.24, 2.45) is 4.99 Å².